The Labute approximate surface area is 105 Å². The number of aliphatic hydroxyl groups excluding tert-OH is 1. The molecule has 0 atom stereocenters. The molecular weight excluding hydrogens is 235 g/mol. The van der Waals surface area contributed by atoms with Crippen LogP contribution in [0.15, 0.2) is 18.2 Å². The monoisotopic (exact) mass is 252 g/mol. The van der Waals surface area contributed by atoms with E-state index in [2.05, 4.69) is 0 Å². The number of nitrogen functional groups attached to an aromatic ring is 1. The number of nitrogens with zero attached hydrogens (tertiary/aromatic N) is 1. The Hall–Kier alpha value is -1.62. The Bertz CT molecular complexity index is 438. The second-order valence-corrected chi connectivity index (χ2v) is 4.95. The SMILES string of the molecule is CN(CC1CC(O)C1)C(=O)c1cc(N)cc(F)c1. The van der Waals surface area contributed by atoms with Gasteiger partial charge in [-0.25, -0.2) is 4.39 Å². The molecule has 1 amide bonds. The molecule has 18 heavy (non-hydrogen) atoms. The molecule has 0 saturated heterocycles. The lowest BCUT2D eigenvalue weighted by Gasteiger charge is -2.34. The third kappa shape index (κ3) is 2.79. The lowest BCUT2D eigenvalue weighted by molar-refractivity contribution is 0.0265. The van der Waals surface area contributed by atoms with Crippen molar-refractivity contribution in [3.8, 4) is 0 Å². The quantitative estimate of drug-likeness (QED) is 0.796. The van der Waals surface area contributed by atoms with E-state index in [1.807, 2.05) is 0 Å². The number of halogens is 1. The van der Waals surface area contributed by atoms with Gasteiger partial charge in [-0.3, -0.25) is 4.79 Å². The first-order valence-electron chi connectivity index (χ1n) is 5.95. The van der Waals surface area contributed by atoms with Crippen LogP contribution in [0, 0.1) is 11.7 Å². The van der Waals surface area contributed by atoms with E-state index in [4.69, 9.17) is 5.73 Å². The van der Waals surface area contributed by atoms with E-state index in [1.165, 1.54) is 18.2 Å². The van der Waals surface area contributed by atoms with Gasteiger partial charge in [-0.05, 0) is 37.0 Å². The van der Waals surface area contributed by atoms with Crippen molar-refractivity contribution in [2.45, 2.75) is 18.9 Å². The molecule has 0 unspecified atom stereocenters. The van der Waals surface area contributed by atoms with Gasteiger partial charge in [-0.2, -0.15) is 0 Å². The van der Waals surface area contributed by atoms with Crippen molar-refractivity contribution in [1.82, 2.24) is 4.90 Å². The molecule has 4 nitrogen and oxygen atoms in total. The fraction of sp³-hybridized carbons (Fsp3) is 0.462. The lowest BCUT2D eigenvalue weighted by Crippen LogP contribution is -2.39. The number of aliphatic hydroxyl groups is 1. The van der Waals surface area contributed by atoms with Crippen LogP contribution in [0.4, 0.5) is 10.1 Å². The zero-order chi connectivity index (χ0) is 13.3. The van der Waals surface area contributed by atoms with E-state index in [1.54, 1.807) is 11.9 Å². The minimum atomic E-state index is -0.509. The summed E-state index contributed by atoms with van der Waals surface area (Å²) >= 11 is 0. The summed E-state index contributed by atoms with van der Waals surface area (Å²) in [5.74, 6) is -0.423. The maximum absolute atomic E-state index is 13.2. The van der Waals surface area contributed by atoms with Gasteiger partial charge in [0.15, 0.2) is 0 Å². The van der Waals surface area contributed by atoms with Crippen molar-refractivity contribution in [3.05, 3.63) is 29.6 Å². The van der Waals surface area contributed by atoms with Crippen LogP contribution in [0.1, 0.15) is 23.2 Å². The van der Waals surface area contributed by atoms with E-state index in [9.17, 15) is 14.3 Å². The standard InChI is InChI=1S/C13H17FN2O2/c1-16(7-8-2-12(17)3-8)13(18)9-4-10(14)6-11(15)5-9/h4-6,8,12,17H,2-3,7,15H2,1H3. The molecule has 0 aliphatic heterocycles. The fourth-order valence-corrected chi connectivity index (χ4v) is 2.28. The van der Waals surface area contributed by atoms with Crippen molar-refractivity contribution in [2.24, 2.45) is 5.92 Å². The van der Waals surface area contributed by atoms with Crippen LogP contribution in [-0.4, -0.2) is 35.6 Å². The summed E-state index contributed by atoms with van der Waals surface area (Å²) in [6.07, 6.45) is 1.22. The van der Waals surface area contributed by atoms with Crippen LogP contribution in [0.25, 0.3) is 0 Å². The van der Waals surface area contributed by atoms with Gasteiger partial charge in [0, 0.05) is 24.8 Å². The average molecular weight is 252 g/mol. The number of hydrogen-bond donors (Lipinski definition) is 2. The molecule has 1 aliphatic carbocycles. The highest BCUT2D eigenvalue weighted by atomic mass is 19.1. The molecule has 1 aromatic carbocycles. The molecule has 2 rings (SSSR count). The zero-order valence-corrected chi connectivity index (χ0v) is 10.3. The topological polar surface area (TPSA) is 66.6 Å². The van der Waals surface area contributed by atoms with Crippen LogP contribution in [0.3, 0.4) is 0 Å². The van der Waals surface area contributed by atoms with Crippen LogP contribution in [0.5, 0.6) is 0 Å². The Morgan fingerprint density at radius 1 is 1.50 bits per heavy atom. The molecule has 1 fully saturated rings. The highest BCUT2D eigenvalue weighted by Gasteiger charge is 2.29. The number of anilines is 1. The van der Waals surface area contributed by atoms with Gasteiger partial charge in [0.05, 0.1) is 6.10 Å². The van der Waals surface area contributed by atoms with Gasteiger partial charge < -0.3 is 15.7 Å². The number of carbonyl (C=O) groups excluding carboxylic acids is 1. The highest BCUT2D eigenvalue weighted by molar-refractivity contribution is 5.94. The van der Waals surface area contributed by atoms with Crippen molar-refractivity contribution in [2.75, 3.05) is 19.3 Å². The summed E-state index contributed by atoms with van der Waals surface area (Å²) in [5.41, 5.74) is 6.01. The van der Waals surface area contributed by atoms with Crippen molar-refractivity contribution >= 4 is 11.6 Å². The van der Waals surface area contributed by atoms with E-state index in [0.29, 0.717) is 12.5 Å². The largest absolute Gasteiger partial charge is 0.399 e. The molecule has 98 valence electrons. The van der Waals surface area contributed by atoms with Gasteiger partial charge in [0.1, 0.15) is 5.82 Å². The Kier molecular flexibility index (Phi) is 3.52. The minimum Gasteiger partial charge on any atom is -0.399 e. The first-order valence-corrected chi connectivity index (χ1v) is 5.95. The second kappa shape index (κ2) is 4.94. The molecule has 3 N–H and O–H groups in total. The van der Waals surface area contributed by atoms with Crippen molar-refractivity contribution < 1.29 is 14.3 Å². The molecule has 1 saturated carbocycles. The highest BCUT2D eigenvalue weighted by Crippen LogP contribution is 2.28. The normalized spacial score (nSPS) is 22.4. The lowest BCUT2D eigenvalue weighted by atomic mass is 9.82. The van der Waals surface area contributed by atoms with Gasteiger partial charge >= 0.3 is 0 Å². The predicted octanol–water partition coefficient (Wildman–Crippen LogP) is 1.25. The first kappa shape index (κ1) is 12.8. The number of rotatable bonds is 3. The predicted molar refractivity (Wildman–Crippen MR) is 66.5 cm³/mol. The maximum atomic E-state index is 13.2. The van der Waals surface area contributed by atoms with Gasteiger partial charge in [-0.15, -0.1) is 0 Å². The molecule has 1 aliphatic rings. The smallest absolute Gasteiger partial charge is 0.253 e. The first-order chi connectivity index (χ1) is 8.45. The maximum Gasteiger partial charge on any atom is 0.253 e. The summed E-state index contributed by atoms with van der Waals surface area (Å²) in [5, 5.41) is 9.19. The van der Waals surface area contributed by atoms with Gasteiger partial charge in [-0.1, -0.05) is 0 Å². The van der Waals surface area contributed by atoms with E-state index in [-0.39, 0.29) is 23.3 Å². The van der Waals surface area contributed by atoms with Gasteiger partial charge in [0.2, 0.25) is 0 Å². The number of nitrogens with two attached hydrogens (primary N) is 1. The molecule has 5 heteroatoms. The number of amides is 1. The van der Waals surface area contributed by atoms with E-state index in [0.717, 1.165) is 12.8 Å². The minimum absolute atomic E-state index is 0.233. The van der Waals surface area contributed by atoms with Gasteiger partial charge in [0.25, 0.3) is 5.91 Å². The summed E-state index contributed by atoms with van der Waals surface area (Å²) in [6.45, 7) is 0.576. The van der Waals surface area contributed by atoms with Crippen molar-refractivity contribution in [3.63, 3.8) is 0 Å². The van der Waals surface area contributed by atoms with Crippen molar-refractivity contribution in [1.29, 1.82) is 0 Å². The number of carbonyl (C=O) groups is 1. The molecule has 0 aromatic heterocycles. The number of benzene rings is 1. The van der Waals surface area contributed by atoms with E-state index < -0.39 is 5.82 Å². The molecular formula is C13H17FN2O2. The third-order valence-corrected chi connectivity index (χ3v) is 3.26. The molecule has 0 bridgehead atoms. The van der Waals surface area contributed by atoms with Crippen LogP contribution in [0.2, 0.25) is 0 Å². The average Bonchev–Trinajstić information content (AvgIpc) is 2.24. The summed E-state index contributed by atoms with van der Waals surface area (Å²) < 4.78 is 13.2. The van der Waals surface area contributed by atoms with Crippen LogP contribution < -0.4 is 5.73 Å². The summed E-state index contributed by atoms with van der Waals surface area (Å²) in [4.78, 5) is 13.6. The van der Waals surface area contributed by atoms with Crippen LogP contribution >= 0.6 is 0 Å². The summed E-state index contributed by atoms with van der Waals surface area (Å²) in [7, 11) is 1.67. The second-order valence-electron chi connectivity index (χ2n) is 4.95. The third-order valence-electron chi connectivity index (χ3n) is 3.26. The van der Waals surface area contributed by atoms with Crippen LogP contribution in [-0.2, 0) is 0 Å². The zero-order valence-electron chi connectivity index (χ0n) is 10.3. The Balaban J connectivity index is 2.01. The Morgan fingerprint density at radius 2 is 2.17 bits per heavy atom. The Morgan fingerprint density at radius 3 is 2.72 bits per heavy atom. The molecule has 0 radical (unpaired) electrons. The molecule has 0 spiro atoms. The van der Waals surface area contributed by atoms with E-state index >= 15 is 0 Å². The number of hydrogen-bond acceptors (Lipinski definition) is 3. The molecule has 0 heterocycles. The molecule has 1 aromatic rings. The summed E-state index contributed by atoms with van der Waals surface area (Å²) in [6, 6.07) is 3.83. The fourth-order valence-electron chi connectivity index (χ4n) is 2.28.